The van der Waals surface area contributed by atoms with Gasteiger partial charge in [-0.25, -0.2) is 0 Å². The number of thioether (sulfide) groups is 1. The zero-order chi connectivity index (χ0) is 16.7. The molecule has 0 aromatic heterocycles. The molecule has 0 heterocycles. The Balaban J connectivity index is 1.92. The van der Waals surface area contributed by atoms with E-state index in [-0.39, 0.29) is 5.91 Å². The van der Waals surface area contributed by atoms with E-state index in [0.29, 0.717) is 17.3 Å². The number of hydrogen-bond donors (Lipinski definition) is 1. The van der Waals surface area contributed by atoms with Crippen LogP contribution in [-0.4, -0.2) is 25.9 Å². The molecule has 0 saturated heterocycles. The fourth-order valence-electron chi connectivity index (χ4n) is 2.14. The molecule has 0 spiro atoms. The molecule has 1 amide bonds. The number of methoxy groups -OCH3 is 2. The van der Waals surface area contributed by atoms with E-state index in [1.807, 2.05) is 31.2 Å². The summed E-state index contributed by atoms with van der Waals surface area (Å²) in [5.74, 6) is 2.45. The molecule has 0 bridgehead atoms. The molecule has 2 rings (SSSR count). The molecule has 2 aromatic carbocycles. The normalized spacial score (nSPS) is 10.2. The number of rotatable bonds is 7. The molecule has 0 aliphatic rings. The maximum absolute atomic E-state index is 12.1. The van der Waals surface area contributed by atoms with Crippen molar-refractivity contribution < 1.29 is 14.3 Å². The van der Waals surface area contributed by atoms with Crippen molar-refractivity contribution in [1.29, 1.82) is 0 Å². The van der Waals surface area contributed by atoms with E-state index in [1.165, 1.54) is 5.56 Å². The van der Waals surface area contributed by atoms with Crippen molar-refractivity contribution in [3.8, 4) is 11.5 Å². The Labute approximate surface area is 141 Å². The highest BCUT2D eigenvalue weighted by molar-refractivity contribution is 7.99. The molecule has 0 aliphatic carbocycles. The summed E-state index contributed by atoms with van der Waals surface area (Å²) in [4.78, 5) is 12.1. The summed E-state index contributed by atoms with van der Waals surface area (Å²) in [6, 6.07) is 13.7. The van der Waals surface area contributed by atoms with Crippen molar-refractivity contribution in [2.45, 2.75) is 12.7 Å². The van der Waals surface area contributed by atoms with Crippen LogP contribution in [0, 0.1) is 6.92 Å². The Morgan fingerprint density at radius 3 is 2.39 bits per heavy atom. The van der Waals surface area contributed by atoms with Gasteiger partial charge in [0.05, 0.1) is 20.0 Å². The van der Waals surface area contributed by atoms with Gasteiger partial charge in [0, 0.05) is 17.5 Å². The van der Waals surface area contributed by atoms with Crippen LogP contribution in [0.4, 0.5) is 5.69 Å². The molecule has 0 aliphatic heterocycles. The zero-order valence-electron chi connectivity index (χ0n) is 13.6. The van der Waals surface area contributed by atoms with Gasteiger partial charge >= 0.3 is 0 Å². The number of carbonyl (C=O) groups is 1. The van der Waals surface area contributed by atoms with Crippen LogP contribution in [0.2, 0.25) is 0 Å². The second kappa shape index (κ2) is 8.48. The van der Waals surface area contributed by atoms with E-state index in [2.05, 4.69) is 17.4 Å². The largest absolute Gasteiger partial charge is 0.493 e. The highest BCUT2D eigenvalue weighted by Gasteiger charge is 2.11. The third-order valence-corrected chi connectivity index (χ3v) is 4.35. The lowest BCUT2D eigenvalue weighted by Crippen LogP contribution is -2.15. The fourth-order valence-corrected chi connectivity index (χ4v) is 2.93. The molecule has 0 unspecified atom stereocenters. The van der Waals surface area contributed by atoms with E-state index in [1.54, 1.807) is 32.0 Å². The van der Waals surface area contributed by atoms with Crippen LogP contribution in [0.3, 0.4) is 0 Å². The molecule has 2 aromatic rings. The Bertz CT molecular complexity index is 659. The number of aryl methyl sites for hydroxylation is 1. The SMILES string of the molecule is COc1cc(C)c(NC(=O)CSCc2ccccc2)cc1OC. The minimum Gasteiger partial charge on any atom is -0.493 e. The van der Waals surface area contributed by atoms with Gasteiger partial charge in [-0.1, -0.05) is 30.3 Å². The third kappa shape index (κ3) is 4.93. The summed E-state index contributed by atoms with van der Waals surface area (Å²) in [6.07, 6.45) is 0. The Morgan fingerprint density at radius 2 is 1.74 bits per heavy atom. The van der Waals surface area contributed by atoms with Gasteiger partial charge in [0.25, 0.3) is 0 Å². The van der Waals surface area contributed by atoms with Gasteiger partial charge in [0.2, 0.25) is 5.91 Å². The second-order valence-corrected chi connectivity index (χ2v) is 6.03. The van der Waals surface area contributed by atoms with Crippen molar-refractivity contribution in [3.05, 3.63) is 53.6 Å². The molecule has 23 heavy (non-hydrogen) atoms. The molecule has 0 radical (unpaired) electrons. The zero-order valence-corrected chi connectivity index (χ0v) is 14.4. The van der Waals surface area contributed by atoms with Crippen LogP contribution < -0.4 is 14.8 Å². The van der Waals surface area contributed by atoms with Crippen LogP contribution >= 0.6 is 11.8 Å². The smallest absolute Gasteiger partial charge is 0.234 e. The molecule has 122 valence electrons. The van der Waals surface area contributed by atoms with E-state index in [9.17, 15) is 4.79 Å². The van der Waals surface area contributed by atoms with Crippen LogP contribution in [0.25, 0.3) is 0 Å². The molecule has 1 N–H and O–H groups in total. The number of amides is 1. The fraction of sp³-hybridized carbons (Fsp3) is 0.278. The molecule has 0 saturated carbocycles. The Hall–Kier alpha value is -2.14. The summed E-state index contributed by atoms with van der Waals surface area (Å²) in [5, 5.41) is 2.93. The molecule has 4 nitrogen and oxygen atoms in total. The van der Waals surface area contributed by atoms with Crippen molar-refractivity contribution in [1.82, 2.24) is 0 Å². The minimum absolute atomic E-state index is 0.0266. The topological polar surface area (TPSA) is 47.6 Å². The van der Waals surface area contributed by atoms with Crippen molar-refractivity contribution in [2.75, 3.05) is 25.3 Å². The Kier molecular flexibility index (Phi) is 6.35. The summed E-state index contributed by atoms with van der Waals surface area (Å²) in [7, 11) is 3.17. The minimum atomic E-state index is -0.0266. The second-order valence-electron chi connectivity index (χ2n) is 5.05. The first-order valence-electron chi connectivity index (χ1n) is 7.28. The van der Waals surface area contributed by atoms with Crippen LogP contribution in [0.15, 0.2) is 42.5 Å². The highest BCUT2D eigenvalue weighted by atomic mass is 32.2. The van der Waals surface area contributed by atoms with Crippen LogP contribution in [0.1, 0.15) is 11.1 Å². The third-order valence-electron chi connectivity index (χ3n) is 3.35. The molecule has 0 atom stereocenters. The number of hydrogen-bond acceptors (Lipinski definition) is 4. The van der Waals surface area contributed by atoms with Crippen molar-refractivity contribution >= 4 is 23.4 Å². The number of ether oxygens (including phenoxy) is 2. The van der Waals surface area contributed by atoms with E-state index < -0.39 is 0 Å². The summed E-state index contributed by atoms with van der Waals surface area (Å²) < 4.78 is 10.5. The van der Waals surface area contributed by atoms with Crippen molar-refractivity contribution in [3.63, 3.8) is 0 Å². The number of benzene rings is 2. The van der Waals surface area contributed by atoms with Gasteiger partial charge in [-0.2, -0.15) is 0 Å². The number of carbonyl (C=O) groups excluding carboxylic acids is 1. The average Bonchev–Trinajstić information content (AvgIpc) is 2.57. The first-order chi connectivity index (χ1) is 11.1. The molecular formula is C18H21NO3S. The van der Waals surface area contributed by atoms with E-state index in [4.69, 9.17) is 9.47 Å². The van der Waals surface area contributed by atoms with E-state index in [0.717, 1.165) is 17.0 Å². The van der Waals surface area contributed by atoms with Crippen molar-refractivity contribution in [2.24, 2.45) is 0 Å². The maximum Gasteiger partial charge on any atom is 0.234 e. The van der Waals surface area contributed by atoms with Gasteiger partial charge in [-0.05, 0) is 24.1 Å². The number of nitrogens with one attached hydrogen (secondary N) is 1. The first-order valence-corrected chi connectivity index (χ1v) is 8.43. The van der Waals surface area contributed by atoms with Gasteiger partial charge in [-0.3, -0.25) is 4.79 Å². The predicted molar refractivity (Wildman–Crippen MR) is 95.5 cm³/mol. The quantitative estimate of drug-likeness (QED) is 0.836. The van der Waals surface area contributed by atoms with Gasteiger partial charge in [0.15, 0.2) is 11.5 Å². The highest BCUT2D eigenvalue weighted by Crippen LogP contribution is 2.32. The lowest BCUT2D eigenvalue weighted by molar-refractivity contribution is -0.113. The Morgan fingerprint density at radius 1 is 1.09 bits per heavy atom. The lowest BCUT2D eigenvalue weighted by atomic mass is 10.1. The monoisotopic (exact) mass is 331 g/mol. The molecular weight excluding hydrogens is 310 g/mol. The average molecular weight is 331 g/mol. The van der Waals surface area contributed by atoms with Crippen LogP contribution in [-0.2, 0) is 10.5 Å². The maximum atomic E-state index is 12.1. The number of anilines is 1. The summed E-state index contributed by atoms with van der Waals surface area (Å²) in [5.41, 5.74) is 2.89. The van der Waals surface area contributed by atoms with Gasteiger partial charge < -0.3 is 14.8 Å². The lowest BCUT2D eigenvalue weighted by Gasteiger charge is -2.13. The predicted octanol–water partition coefficient (Wildman–Crippen LogP) is 3.88. The van der Waals surface area contributed by atoms with Gasteiger partial charge in [-0.15, -0.1) is 11.8 Å². The molecule has 5 heteroatoms. The first kappa shape index (κ1) is 17.2. The standard InChI is InChI=1S/C18H21NO3S/c1-13-9-16(21-2)17(22-3)10-15(13)19-18(20)12-23-11-14-7-5-4-6-8-14/h4-10H,11-12H2,1-3H3,(H,19,20). The van der Waals surface area contributed by atoms with E-state index >= 15 is 0 Å². The molecule has 0 fully saturated rings. The summed E-state index contributed by atoms with van der Waals surface area (Å²) in [6.45, 7) is 1.93. The summed E-state index contributed by atoms with van der Waals surface area (Å²) >= 11 is 1.59. The van der Waals surface area contributed by atoms with Crippen LogP contribution in [0.5, 0.6) is 11.5 Å². The van der Waals surface area contributed by atoms with Gasteiger partial charge in [0.1, 0.15) is 0 Å².